The van der Waals surface area contributed by atoms with E-state index in [2.05, 4.69) is 5.32 Å². The minimum Gasteiger partial charge on any atom is -0.376 e. The molecule has 0 radical (unpaired) electrons. The largest absolute Gasteiger partial charge is 0.376 e. The van der Waals surface area contributed by atoms with Gasteiger partial charge in [-0.05, 0) is 36.6 Å². The maximum Gasteiger partial charge on any atom is 0.178 e. The van der Waals surface area contributed by atoms with Crippen molar-refractivity contribution in [3.8, 4) is 0 Å². The van der Waals surface area contributed by atoms with Crippen LogP contribution in [-0.2, 0) is 9.84 Å². The average Bonchev–Trinajstić information content (AvgIpc) is 2.45. The van der Waals surface area contributed by atoms with E-state index in [0.717, 1.165) is 5.56 Å². The third-order valence-electron chi connectivity index (χ3n) is 3.85. The Morgan fingerprint density at radius 2 is 1.90 bits per heavy atom. The lowest BCUT2D eigenvalue weighted by molar-refractivity contribution is 0.574. The third-order valence-corrected chi connectivity index (χ3v) is 5.66. The molecule has 0 saturated carbocycles. The molecule has 1 heterocycles. The number of anilines is 1. The highest BCUT2D eigenvalue weighted by Gasteiger charge is 2.30. The third kappa shape index (κ3) is 2.53. The number of hydrogen-bond acceptors (Lipinski definition) is 3. The average molecular weight is 305 g/mol. The molecule has 0 aliphatic carbocycles. The van der Waals surface area contributed by atoms with Crippen LogP contribution in [-0.4, -0.2) is 14.2 Å². The number of halogens is 1. The van der Waals surface area contributed by atoms with Crippen molar-refractivity contribution in [1.29, 1.82) is 0 Å². The van der Waals surface area contributed by atoms with Crippen molar-refractivity contribution in [2.24, 2.45) is 0 Å². The quantitative estimate of drug-likeness (QED) is 0.924. The number of para-hydroxylation sites is 1. The fourth-order valence-electron chi connectivity index (χ4n) is 2.73. The summed E-state index contributed by atoms with van der Waals surface area (Å²) in [4.78, 5) is 0.350. The molecule has 0 amide bonds. The Balaban J connectivity index is 2.02. The number of fused-ring (bicyclic) bond motifs is 1. The van der Waals surface area contributed by atoms with E-state index in [4.69, 9.17) is 0 Å². The second-order valence-electron chi connectivity index (χ2n) is 5.27. The van der Waals surface area contributed by atoms with Crippen molar-refractivity contribution in [3.05, 3.63) is 59.4 Å². The number of benzene rings is 2. The van der Waals surface area contributed by atoms with Crippen LogP contribution in [0.25, 0.3) is 0 Å². The lowest BCUT2D eigenvalue weighted by Gasteiger charge is -2.27. The lowest BCUT2D eigenvalue weighted by atomic mass is 10.0. The van der Waals surface area contributed by atoms with Crippen LogP contribution in [0.15, 0.2) is 47.4 Å². The van der Waals surface area contributed by atoms with E-state index in [9.17, 15) is 12.8 Å². The molecule has 0 fully saturated rings. The number of sulfone groups is 1. The first-order valence-electron chi connectivity index (χ1n) is 6.82. The van der Waals surface area contributed by atoms with Gasteiger partial charge in [0, 0.05) is 0 Å². The standard InChI is InChI=1S/C16H16FNO2S/c1-11-5-4-7-13(17)16(11)18-14-9-10-21(19,20)15-8-3-2-6-12(14)15/h2-8,14,18H,9-10H2,1H3. The highest BCUT2D eigenvalue weighted by molar-refractivity contribution is 7.91. The van der Waals surface area contributed by atoms with Crippen molar-refractivity contribution in [3.63, 3.8) is 0 Å². The van der Waals surface area contributed by atoms with Gasteiger partial charge in [0.2, 0.25) is 0 Å². The molecule has 0 bridgehead atoms. The highest BCUT2D eigenvalue weighted by atomic mass is 32.2. The van der Waals surface area contributed by atoms with Crippen LogP contribution in [0.2, 0.25) is 0 Å². The van der Waals surface area contributed by atoms with Crippen LogP contribution in [0.4, 0.5) is 10.1 Å². The molecule has 110 valence electrons. The lowest BCUT2D eigenvalue weighted by Crippen LogP contribution is -2.25. The monoisotopic (exact) mass is 305 g/mol. The number of aryl methyl sites for hydroxylation is 1. The molecule has 1 unspecified atom stereocenters. The first-order valence-corrected chi connectivity index (χ1v) is 8.47. The molecule has 21 heavy (non-hydrogen) atoms. The van der Waals surface area contributed by atoms with Gasteiger partial charge in [0.25, 0.3) is 0 Å². The van der Waals surface area contributed by atoms with Crippen molar-refractivity contribution in [2.45, 2.75) is 24.3 Å². The minimum absolute atomic E-state index is 0.0786. The maximum atomic E-state index is 14.0. The van der Waals surface area contributed by atoms with Crippen LogP contribution in [0.5, 0.6) is 0 Å². The van der Waals surface area contributed by atoms with Gasteiger partial charge in [0.1, 0.15) is 5.82 Å². The summed E-state index contributed by atoms with van der Waals surface area (Å²) in [6.07, 6.45) is 0.438. The van der Waals surface area contributed by atoms with Gasteiger partial charge in [0.05, 0.1) is 22.4 Å². The molecule has 1 atom stereocenters. The molecule has 3 rings (SSSR count). The molecule has 0 aromatic heterocycles. The van der Waals surface area contributed by atoms with Crippen LogP contribution in [0.3, 0.4) is 0 Å². The predicted molar refractivity (Wildman–Crippen MR) is 80.6 cm³/mol. The van der Waals surface area contributed by atoms with Gasteiger partial charge in [0.15, 0.2) is 9.84 Å². The zero-order chi connectivity index (χ0) is 15.0. The first-order chi connectivity index (χ1) is 9.99. The first kappa shape index (κ1) is 14.1. The zero-order valence-electron chi connectivity index (χ0n) is 11.6. The summed E-state index contributed by atoms with van der Waals surface area (Å²) < 4.78 is 38.2. The highest BCUT2D eigenvalue weighted by Crippen LogP contribution is 2.35. The van der Waals surface area contributed by atoms with Gasteiger partial charge in [-0.25, -0.2) is 12.8 Å². The predicted octanol–water partition coefficient (Wildman–Crippen LogP) is 3.46. The number of hydrogen-bond donors (Lipinski definition) is 1. The van der Waals surface area contributed by atoms with Gasteiger partial charge >= 0.3 is 0 Å². The van der Waals surface area contributed by atoms with Gasteiger partial charge < -0.3 is 5.32 Å². The van der Waals surface area contributed by atoms with E-state index in [1.54, 1.807) is 24.3 Å². The van der Waals surface area contributed by atoms with E-state index >= 15 is 0 Å². The molecule has 5 heteroatoms. The molecule has 1 aliphatic heterocycles. The Morgan fingerprint density at radius 1 is 1.14 bits per heavy atom. The van der Waals surface area contributed by atoms with Crippen LogP contribution in [0.1, 0.15) is 23.6 Å². The molecular formula is C16H16FNO2S. The van der Waals surface area contributed by atoms with Crippen molar-refractivity contribution in [2.75, 3.05) is 11.1 Å². The fraction of sp³-hybridized carbons (Fsp3) is 0.250. The van der Waals surface area contributed by atoms with Gasteiger partial charge in [-0.1, -0.05) is 30.3 Å². The van der Waals surface area contributed by atoms with Gasteiger partial charge in [-0.15, -0.1) is 0 Å². The van der Waals surface area contributed by atoms with Gasteiger partial charge in [-0.2, -0.15) is 0 Å². The Bertz CT molecular complexity index is 766. The van der Waals surface area contributed by atoms with Crippen LogP contribution in [0, 0.1) is 12.7 Å². The van der Waals surface area contributed by atoms with E-state index in [1.165, 1.54) is 6.07 Å². The maximum absolute atomic E-state index is 14.0. The van der Waals surface area contributed by atoms with E-state index in [1.807, 2.05) is 19.1 Å². The summed E-state index contributed by atoms with van der Waals surface area (Å²) in [5.74, 6) is -0.240. The molecular weight excluding hydrogens is 289 g/mol. The SMILES string of the molecule is Cc1cccc(F)c1NC1CCS(=O)(=O)c2ccccc21. The fourth-order valence-corrected chi connectivity index (χ4v) is 4.35. The molecule has 2 aromatic carbocycles. The Hall–Kier alpha value is -1.88. The van der Waals surface area contributed by atoms with E-state index in [0.29, 0.717) is 22.6 Å². The second-order valence-corrected chi connectivity index (χ2v) is 7.35. The van der Waals surface area contributed by atoms with Crippen molar-refractivity contribution >= 4 is 15.5 Å². The second kappa shape index (κ2) is 5.15. The van der Waals surface area contributed by atoms with Crippen molar-refractivity contribution in [1.82, 2.24) is 0 Å². The summed E-state index contributed by atoms with van der Waals surface area (Å²) in [5.41, 5.74) is 1.96. The Labute approximate surface area is 123 Å². The van der Waals surface area contributed by atoms with Crippen LogP contribution >= 0.6 is 0 Å². The summed E-state index contributed by atoms with van der Waals surface area (Å²) in [6.45, 7) is 1.83. The molecule has 0 saturated heterocycles. The number of rotatable bonds is 2. The molecule has 1 aliphatic rings. The topological polar surface area (TPSA) is 46.2 Å². The molecule has 2 aromatic rings. The summed E-state index contributed by atoms with van der Waals surface area (Å²) >= 11 is 0. The summed E-state index contributed by atoms with van der Waals surface area (Å²) in [7, 11) is -3.22. The normalized spacial score (nSPS) is 19.8. The molecule has 0 spiro atoms. The van der Waals surface area contributed by atoms with Crippen molar-refractivity contribution < 1.29 is 12.8 Å². The summed E-state index contributed by atoms with van der Waals surface area (Å²) in [5, 5.41) is 3.17. The zero-order valence-corrected chi connectivity index (χ0v) is 12.5. The van der Waals surface area contributed by atoms with Crippen LogP contribution < -0.4 is 5.32 Å². The molecule has 3 nitrogen and oxygen atoms in total. The smallest absolute Gasteiger partial charge is 0.178 e. The Morgan fingerprint density at radius 3 is 2.67 bits per heavy atom. The van der Waals surface area contributed by atoms with E-state index in [-0.39, 0.29) is 17.6 Å². The Kier molecular flexibility index (Phi) is 3.45. The minimum atomic E-state index is -3.22. The molecule has 1 N–H and O–H groups in total. The number of nitrogens with one attached hydrogen (secondary N) is 1. The summed E-state index contributed by atoms with van der Waals surface area (Å²) in [6, 6.07) is 11.6. The van der Waals surface area contributed by atoms with E-state index < -0.39 is 9.84 Å². The van der Waals surface area contributed by atoms with Gasteiger partial charge in [-0.3, -0.25) is 0 Å².